The van der Waals surface area contributed by atoms with Gasteiger partial charge >= 0.3 is 23.9 Å². The maximum absolute atomic E-state index is 13.6. The molecule has 0 spiro atoms. The Balaban J connectivity index is 0.000000232. The van der Waals surface area contributed by atoms with E-state index in [9.17, 15) is 37.1 Å². The Morgan fingerprint density at radius 3 is 1.10 bits per heavy atom. The lowest BCUT2D eigenvalue weighted by atomic mass is 10.1. The number of aliphatic carboxylic acids is 4. The molecular weight excluding hydrogens is 1690 g/mol. The van der Waals surface area contributed by atoms with Crippen molar-refractivity contribution in [1.82, 2.24) is 5.32 Å². The van der Waals surface area contributed by atoms with E-state index in [-0.39, 0.29) is 77.9 Å². The number of amides is 1. The van der Waals surface area contributed by atoms with Crippen molar-refractivity contribution < 1.29 is 76.5 Å². The molecule has 1 amide bonds. The summed E-state index contributed by atoms with van der Waals surface area (Å²) in [6.45, 7) is 0.372. The molecule has 8 aromatic rings. The number of hydrogen-bond donors (Lipinski definition) is 9. The third kappa shape index (κ3) is 27.0. The van der Waals surface area contributed by atoms with Gasteiger partial charge in [-0.3, -0.25) is 24.0 Å². The molecule has 0 aliphatic heterocycles. The molecule has 0 heterocycles. The van der Waals surface area contributed by atoms with Gasteiger partial charge in [0.25, 0.3) is 5.91 Å². The molecule has 96 heavy (non-hydrogen) atoms. The minimum Gasteiger partial charge on any atom is -0.487 e. The van der Waals surface area contributed by atoms with E-state index in [0.717, 1.165) is 25.8 Å². The van der Waals surface area contributed by atoms with Crippen LogP contribution >= 0.6 is 119 Å². The van der Waals surface area contributed by atoms with Gasteiger partial charge in [-0.15, -0.1) is 0 Å². The number of aryl methyl sites for hydroxylation is 2. The van der Waals surface area contributed by atoms with Crippen LogP contribution in [0.1, 0.15) is 62.1 Å². The molecule has 510 valence electrons. The van der Waals surface area contributed by atoms with Crippen molar-refractivity contribution in [3.8, 4) is 23.0 Å². The number of carboxylic acids is 4. The normalized spacial score (nSPS) is 10.4. The second-order valence-electron chi connectivity index (χ2n) is 20.3. The van der Waals surface area contributed by atoms with Crippen molar-refractivity contribution in [2.24, 2.45) is 0 Å². The summed E-state index contributed by atoms with van der Waals surface area (Å²) in [6, 6.07) is 35.0. The Morgan fingerprint density at radius 2 is 0.740 bits per heavy atom. The molecule has 0 atom stereocenters. The molecule has 8 aromatic carbocycles. The first-order valence-electron chi connectivity index (χ1n) is 28.3. The molecule has 0 bridgehead atoms. The van der Waals surface area contributed by atoms with Crippen LogP contribution in [0.5, 0.6) is 23.0 Å². The number of rotatable bonds is 27. The highest BCUT2D eigenvalue weighted by atomic mass is 79.9. The van der Waals surface area contributed by atoms with Crippen molar-refractivity contribution in [2.75, 3.05) is 56.0 Å². The first-order valence-corrected chi connectivity index (χ1v) is 33.9. The number of benzene rings is 8. The second-order valence-corrected chi connectivity index (χ2v) is 26.2. The molecule has 0 fully saturated rings. The highest BCUT2D eigenvalue weighted by molar-refractivity contribution is 9.12. The van der Waals surface area contributed by atoms with Crippen LogP contribution in [-0.2, 0) is 64.9 Å². The number of carbonyl (C=O) groups excluding carboxylic acids is 1. The second kappa shape index (κ2) is 39.8. The third-order valence-electron chi connectivity index (χ3n) is 12.9. The van der Waals surface area contributed by atoms with Gasteiger partial charge in [-0.2, -0.15) is 0 Å². The maximum Gasteiger partial charge on any atom is 0.322 e. The Labute approximate surface area is 611 Å². The Kier molecular flexibility index (Phi) is 33.0. The van der Waals surface area contributed by atoms with E-state index in [0.29, 0.717) is 99.5 Å². The van der Waals surface area contributed by atoms with Crippen LogP contribution in [-0.4, -0.2) is 84.9 Å². The van der Waals surface area contributed by atoms with Crippen molar-refractivity contribution in [3.05, 3.63) is 226 Å². The Hall–Kier alpha value is -7.24. The van der Waals surface area contributed by atoms with Crippen molar-refractivity contribution >= 4 is 171 Å². The van der Waals surface area contributed by atoms with Gasteiger partial charge in [-0.25, -0.2) is 13.2 Å². The van der Waals surface area contributed by atoms with Gasteiger partial charge in [-0.05, 0) is 263 Å². The number of anilines is 4. The summed E-state index contributed by atoms with van der Waals surface area (Å²) in [5.41, 5.74) is 8.53. The van der Waals surface area contributed by atoms with Crippen molar-refractivity contribution in [3.63, 3.8) is 0 Å². The number of nitrogens with one attached hydrogen (secondary N) is 5. The minimum absolute atomic E-state index is 0.0110. The van der Waals surface area contributed by atoms with Gasteiger partial charge in [0.1, 0.15) is 67.7 Å². The number of carboxylic acid groups (broad SMARTS) is 4. The first-order chi connectivity index (χ1) is 45.6. The summed E-state index contributed by atoms with van der Waals surface area (Å²) in [4.78, 5) is 54.5. The lowest BCUT2D eigenvalue weighted by molar-refractivity contribution is -0.138. The fourth-order valence-electron chi connectivity index (χ4n) is 8.48. The zero-order valence-electron chi connectivity index (χ0n) is 51.3. The van der Waals surface area contributed by atoms with Crippen LogP contribution in [0.15, 0.2) is 154 Å². The summed E-state index contributed by atoms with van der Waals surface area (Å²) >= 11 is 32.7. The van der Waals surface area contributed by atoms with Crippen LogP contribution in [0.4, 0.5) is 35.9 Å². The fraction of sp³-hybridized carbons (Fsp3) is 0.209. The molecule has 0 aliphatic rings. The fourth-order valence-corrected chi connectivity index (χ4v) is 13.6. The van der Waals surface area contributed by atoms with E-state index in [1.54, 1.807) is 57.5 Å². The van der Waals surface area contributed by atoms with Gasteiger partial charge in [0.2, 0.25) is 0 Å². The predicted octanol–water partition coefficient (Wildman–Crippen LogP) is 18.0. The first kappa shape index (κ1) is 79.4. The quantitative estimate of drug-likeness (QED) is 0.0232. The molecule has 0 saturated heterocycles. The Bertz CT molecular complexity index is 3850. The highest BCUT2D eigenvalue weighted by Crippen LogP contribution is 2.39. The van der Waals surface area contributed by atoms with E-state index < -0.39 is 36.3 Å². The summed E-state index contributed by atoms with van der Waals surface area (Å²) in [6.07, 6.45) is 0.784. The topological polar surface area (TPSA) is 263 Å². The standard InChI is InChI=1S/C17H15Br2FN2O4.C17H16Br2FNO3.C17H16Cl2FNO3.C16H15Br2NO3/c1-21-12-3-9(2-11(20)6-12)8-26-16-13(18)4-10(5-14(16)19)17(25)22-7-15(23)24;2*1-21-13-5-11(4-12(20)8-13)9-24-17-14(18)6-10(7-15(17)19)2-3-16(22)23;1-19-12-4-2-3-10(5-12)9-22-16-13(17)6-11(7-14(16)18)8-15(20)21/h2-6,21H,7-8H2,1H3,(H,22,25)(H,23,24);2*4-8,21H,2-3,9H2,1H3,(H,22,23);2-7,19H,8-9H2,1H3,(H,20,21). The van der Waals surface area contributed by atoms with Gasteiger partial charge < -0.3 is 66.0 Å². The zero-order valence-corrected chi connectivity index (χ0v) is 62.3. The molecule has 0 aromatic heterocycles. The molecule has 29 heteroatoms. The van der Waals surface area contributed by atoms with Crippen LogP contribution in [0, 0.1) is 17.5 Å². The van der Waals surface area contributed by atoms with E-state index in [2.05, 4.69) is 122 Å². The molecule has 0 radical (unpaired) electrons. The SMILES string of the molecule is CNc1cc(F)cc(COc2c(Br)cc(C(=O)NCC(=O)O)cc2Br)c1.CNc1cc(F)cc(COc2c(Br)cc(CCC(=O)O)cc2Br)c1.CNc1cc(F)cc(COc2c(Cl)cc(CCC(=O)O)cc2Cl)c1.CNc1cccc(COc2c(Br)cc(CC(=O)O)cc2Br)c1. The van der Waals surface area contributed by atoms with Crippen molar-refractivity contribution in [2.45, 2.75) is 58.5 Å². The van der Waals surface area contributed by atoms with Crippen LogP contribution in [0.3, 0.4) is 0 Å². The predicted molar refractivity (Wildman–Crippen MR) is 386 cm³/mol. The lowest BCUT2D eigenvalue weighted by Crippen LogP contribution is -2.29. The zero-order chi connectivity index (χ0) is 70.8. The summed E-state index contributed by atoms with van der Waals surface area (Å²) in [5.74, 6) is -3.37. The number of ether oxygens (including phenoxy) is 4. The molecule has 0 saturated carbocycles. The molecule has 0 aliphatic carbocycles. The molecule has 8 rings (SSSR count). The summed E-state index contributed by atoms with van der Waals surface area (Å²) in [5, 5.41) is 49.5. The number of carbonyl (C=O) groups is 5. The Morgan fingerprint density at radius 1 is 0.396 bits per heavy atom. The highest BCUT2D eigenvalue weighted by Gasteiger charge is 2.18. The van der Waals surface area contributed by atoms with E-state index in [1.165, 1.54) is 48.5 Å². The molecule has 18 nitrogen and oxygen atoms in total. The van der Waals surface area contributed by atoms with Crippen LogP contribution < -0.4 is 45.5 Å². The van der Waals surface area contributed by atoms with Gasteiger partial charge in [-0.1, -0.05) is 35.3 Å². The molecule has 9 N–H and O–H groups in total. The van der Waals surface area contributed by atoms with E-state index >= 15 is 0 Å². The van der Waals surface area contributed by atoms with Crippen LogP contribution in [0.25, 0.3) is 0 Å². The van der Waals surface area contributed by atoms with E-state index in [4.69, 9.17) is 62.6 Å². The van der Waals surface area contributed by atoms with Gasteiger partial charge in [0, 0.05) is 69.3 Å². The smallest absolute Gasteiger partial charge is 0.322 e. The number of hydrogen-bond acceptors (Lipinski definition) is 13. The third-order valence-corrected chi connectivity index (χ3v) is 17.0. The average Bonchev–Trinajstić information content (AvgIpc) is 0.874. The average molecular weight is 1750 g/mol. The minimum atomic E-state index is -1.13. The van der Waals surface area contributed by atoms with Crippen molar-refractivity contribution in [1.29, 1.82) is 0 Å². The van der Waals surface area contributed by atoms with Gasteiger partial charge in [0.05, 0.1) is 43.3 Å². The monoisotopic (exact) mass is 1740 g/mol. The van der Waals surface area contributed by atoms with Crippen LogP contribution in [0.2, 0.25) is 10.0 Å². The summed E-state index contributed by atoms with van der Waals surface area (Å²) < 4.78 is 67.5. The largest absolute Gasteiger partial charge is 0.487 e. The van der Waals surface area contributed by atoms with E-state index in [1.807, 2.05) is 49.5 Å². The summed E-state index contributed by atoms with van der Waals surface area (Å²) in [7, 11) is 6.99. The maximum atomic E-state index is 13.6. The lowest BCUT2D eigenvalue weighted by Gasteiger charge is -2.13. The molecule has 0 unspecified atom stereocenters. The molecular formula is C67H62Br6Cl2F3N5O13. The van der Waals surface area contributed by atoms with Gasteiger partial charge in [0.15, 0.2) is 5.75 Å². The number of halogens is 11.